The summed E-state index contributed by atoms with van der Waals surface area (Å²) in [5.74, 6) is 0.864. The van der Waals surface area contributed by atoms with Gasteiger partial charge in [-0.05, 0) is 30.2 Å². The Balaban J connectivity index is 0.00000338. The van der Waals surface area contributed by atoms with Crippen molar-refractivity contribution in [2.45, 2.75) is 25.9 Å². The molecule has 0 aliphatic heterocycles. The van der Waals surface area contributed by atoms with Crippen LogP contribution in [-0.2, 0) is 4.79 Å². The van der Waals surface area contributed by atoms with Gasteiger partial charge in [-0.1, -0.05) is 43.3 Å². The van der Waals surface area contributed by atoms with E-state index in [2.05, 4.69) is 5.32 Å². The normalized spacial score (nSPS) is 13.7. The number of benzene rings is 2. The van der Waals surface area contributed by atoms with Gasteiger partial charge in [-0.3, -0.25) is 4.79 Å². The third-order valence-electron chi connectivity index (χ3n) is 4.40. The fraction of sp³-hybridized carbons (Fsp3) is 0.350. The SMILES string of the molecule is COc1ccc(C(C)NC(=O)C(C)C(N)c2ccccc2)cc1OC.Cl. The van der Waals surface area contributed by atoms with Crippen LogP contribution in [0.1, 0.15) is 37.1 Å². The molecule has 0 aliphatic rings. The Hall–Kier alpha value is -2.24. The van der Waals surface area contributed by atoms with E-state index >= 15 is 0 Å². The lowest BCUT2D eigenvalue weighted by molar-refractivity contribution is -0.125. The molecule has 3 N–H and O–H groups in total. The molecule has 0 spiro atoms. The summed E-state index contributed by atoms with van der Waals surface area (Å²) in [6.45, 7) is 3.77. The highest BCUT2D eigenvalue weighted by Gasteiger charge is 2.23. The zero-order valence-electron chi connectivity index (χ0n) is 15.6. The second kappa shape index (κ2) is 10.0. The van der Waals surface area contributed by atoms with Gasteiger partial charge in [0.1, 0.15) is 0 Å². The smallest absolute Gasteiger partial charge is 0.225 e. The molecule has 0 radical (unpaired) electrons. The van der Waals surface area contributed by atoms with Gasteiger partial charge in [-0.2, -0.15) is 0 Å². The first-order valence-corrected chi connectivity index (χ1v) is 8.30. The largest absolute Gasteiger partial charge is 0.493 e. The van der Waals surface area contributed by atoms with Crippen molar-refractivity contribution < 1.29 is 14.3 Å². The van der Waals surface area contributed by atoms with Gasteiger partial charge in [0.15, 0.2) is 11.5 Å². The molecule has 3 unspecified atom stereocenters. The Kier molecular flexibility index (Phi) is 8.42. The fourth-order valence-electron chi connectivity index (χ4n) is 2.68. The van der Waals surface area contributed by atoms with Crippen LogP contribution in [0.2, 0.25) is 0 Å². The molecule has 142 valence electrons. The molecule has 2 rings (SSSR count). The molecule has 0 aromatic heterocycles. The molecule has 2 aromatic rings. The lowest BCUT2D eigenvalue weighted by Gasteiger charge is -2.23. The summed E-state index contributed by atoms with van der Waals surface area (Å²) in [6, 6.07) is 14.7. The number of amides is 1. The number of nitrogens with one attached hydrogen (secondary N) is 1. The Morgan fingerprint density at radius 2 is 1.58 bits per heavy atom. The highest BCUT2D eigenvalue weighted by molar-refractivity contribution is 5.85. The maximum absolute atomic E-state index is 12.6. The molecular weight excluding hydrogens is 352 g/mol. The van der Waals surface area contributed by atoms with Gasteiger partial charge in [0, 0.05) is 6.04 Å². The van der Waals surface area contributed by atoms with E-state index in [4.69, 9.17) is 15.2 Å². The Labute approximate surface area is 161 Å². The summed E-state index contributed by atoms with van der Waals surface area (Å²) in [4.78, 5) is 12.6. The van der Waals surface area contributed by atoms with Gasteiger partial charge in [-0.25, -0.2) is 0 Å². The van der Waals surface area contributed by atoms with Crippen molar-refractivity contribution in [1.82, 2.24) is 5.32 Å². The first-order valence-electron chi connectivity index (χ1n) is 8.30. The Morgan fingerprint density at radius 3 is 2.15 bits per heavy atom. The van der Waals surface area contributed by atoms with Gasteiger partial charge in [0.25, 0.3) is 0 Å². The highest BCUT2D eigenvalue weighted by Crippen LogP contribution is 2.30. The van der Waals surface area contributed by atoms with Crippen LogP contribution in [0.25, 0.3) is 0 Å². The van der Waals surface area contributed by atoms with Gasteiger partial charge in [-0.15, -0.1) is 12.4 Å². The zero-order valence-corrected chi connectivity index (χ0v) is 16.4. The van der Waals surface area contributed by atoms with Gasteiger partial charge in [0.05, 0.1) is 26.2 Å². The van der Waals surface area contributed by atoms with E-state index in [1.807, 2.05) is 62.4 Å². The molecule has 0 saturated heterocycles. The van der Waals surface area contributed by atoms with E-state index in [9.17, 15) is 4.79 Å². The predicted molar refractivity (Wildman–Crippen MR) is 106 cm³/mol. The molecule has 3 atom stereocenters. The number of carbonyl (C=O) groups is 1. The molecule has 2 aromatic carbocycles. The minimum Gasteiger partial charge on any atom is -0.493 e. The third-order valence-corrected chi connectivity index (χ3v) is 4.40. The van der Waals surface area contributed by atoms with Crippen molar-refractivity contribution in [3.05, 3.63) is 59.7 Å². The minimum atomic E-state index is -0.348. The van der Waals surface area contributed by atoms with Gasteiger partial charge >= 0.3 is 0 Å². The third kappa shape index (κ3) is 5.13. The average molecular weight is 379 g/mol. The van der Waals surface area contributed by atoms with Crippen molar-refractivity contribution in [2.75, 3.05) is 14.2 Å². The molecule has 0 bridgehead atoms. The number of halogens is 1. The summed E-state index contributed by atoms with van der Waals surface area (Å²) in [6.07, 6.45) is 0. The number of carbonyl (C=O) groups excluding carboxylic acids is 1. The molecule has 6 heteroatoms. The number of methoxy groups -OCH3 is 2. The van der Waals surface area contributed by atoms with E-state index in [1.54, 1.807) is 14.2 Å². The van der Waals surface area contributed by atoms with Crippen LogP contribution < -0.4 is 20.5 Å². The number of nitrogens with two attached hydrogens (primary N) is 1. The molecule has 5 nitrogen and oxygen atoms in total. The van der Waals surface area contributed by atoms with Crippen LogP contribution in [0.5, 0.6) is 11.5 Å². The summed E-state index contributed by atoms with van der Waals surface area (Å²) >= 11 is 0. The maximum Gasteiger partial charge on any atom is 0.225 e. The van der Waals surface area contributed by atoms with Crippen LogP contribution in [-0.4, -0.2) is 20.1 Å². The summed E-state index contributed by atoms with van der Waals surface area (Å²) in [7, 11) is 3.18. The second-order valence-electron chi connectivity index (χ2n) is 6.07. The molecule has 1 amide bonds. The number of hydrogen-bond donors (Lipinski definition) is 2. The first-order chi connectivity index (χ1) is 12.0. The zero-order chi connectivity index (χ0) is 18.4. The highest BCUT2D eigenvalue weighted by atomic mass is 35.5. The van der Waals surface area contributed by atoms with Crippen molar-refractivity contribution in [3.8, 4) is 11.5 Å². The Morgan fingerprint density at radius 1 is 0.962 bits per heavy atom. The minimum absolute atomic E-state index is 0. The van der Waals surface area contributed by atoms with Gasteiger partial charge < -0.3 is 20.5 Å². The molecule has 0 heterocycles. The number of ether oxygens (including phenoxy) is 2. The number of hydrogen-bond acceptors (Lipinski definition) is 4. The summed E-state index contributed by atoms with van der Waals surface area (Å²) in [5.41, 5.74) is 8.12. The quantitative estimate of drug-likeness (QED) is 0.771. The predicted octanol–water partition coefficient (Wildman–Crippen LogP) is 3.64. The van der Waals surface area contributed by atoms with E-state index in [-0.39, 0.29) is 36.3 Å². The van der Waals surface area contributed by atoms with E-state index in [1.165, 1.54) is 0 Å². The summed E-state index contributed by atoms with van der Waals surface area (Å²) < 4.78 is 10.6. The molecule has 0 aliphatic carbocycles. The van der Waals surface area contributed by atoms with Gasteiger partial charge in [0.2, 0.25) is 5.91 Å². The first kappa shape index (κ1) is 21.8. The summed E-state index contributed by atoms with van der Waals surface area (Å²) in [5, 5.41) is 3.02. The van der Waals surface area contributed by atoms with Crippen molar-refractivity contribution >= 4 is 18.3 Å². The second-order valence-corrected chi connectivity index (χ2v) is 6.07. The topological polar surface area (TPSA) is 73.6 Å². The van der Waals surface area contributed by atoms with Crippen LogP contribution in [0.15, 0.2) is 48.5 Å². The molecule has 26 heavy (non-hydrogen) atoms. The van der Waals surface area contributed by atoms with Crippen molar-refractivity contribution in [3.63, 3.8) is 0 Å². The maximum atomic E-state index is 12.6. The van der Waals surface area contributed by atoms with Crippen LogP contribution in [0, 0.1) is 5.92 Å². The van der Waals surface area contributed by atoms with E-state index in [0.717, 1.165) is 11.1 Å². The van der Waals surface area contributed by atoms with E-state index < -0.39 is 0 Å². The van der Waals surface area contributed by atoms with Crippen molar-refractivity contribution in [1.29, 1.82) is 0 Å². The molecule has 0 saturated carbocycles. The van der Waals surface area contributed by atoms with Crippen LogP contribution in [0.4, 0.5) is 0 Å². The lowest BCUT2D eigenvalue weighted by atomic mass is 9.94. The number of rotatable bonds is 7. The Bertz CT molecular complexity index is 709. The molecular formula is C20H27ClN2O3. The average Bonchev–Trinajstić information content (AvgIpc) is 2.66. The monoisotopic (exact) mass is 378 g/mol. The standard InChI is InChI=1S/C20H26N2O3.ClH/c1-13(19(21)15-8-6-5-7-9-15)20(23)22-14(2)16-10-11-17(24-3)18(12-16)25-4;/h5-14,19H,21H2,1-4H3,(H,22,23);1H. The lowest BCUT2D eigenvalue weighted by Crippen LogP contribution is -2.36. The van der Waals surface area contributed by atoms with Crippen molar-refractivity contribution in [2.24, 2.45) is 11.7 Å². The van der Waals surface area contributed by atoms with Crippen LogP contribution in [0.3, 0.4) is 0 Å². The molecule has 0 fully saturated rings. The van der Waals surface area contributed by atoms with E-state index in [0.29, 0.717) is 11.5 Å². The fourth-order valence-corrected chi connectivity index (χ4v) is 2.68. The van der Waals surface area contributed by atoms with Crippen LogP contribution >= 0.6 is 12.4 Å².